The van der Waals surface area contributed by atoms with E-state index in [0.717, 1.165) is 11.1 Å². The van der Waals surface area contributed by atoms with Gasteiger partial charge in [-0.1, -0.05) is 81.4 Å². The number of aromatic nitrogens is 1. The lowest BCUT2D eigenvalue weighted by atomic mass is 9.87. The molecule has 8 nitrogen and oxygen atoms in total. The van der Waals surface area contributed by atoms with E-state index in [-0.39, 0.29) is 29.3 Å². The molecule has 1 amide bonds. The first-order chi connectivity index (χ1) is 20.1. The fraction of sp³-hybridized carbons (Fsp3) is 0.182. The van der Waals surface area contributed by atoms with Crippen LogP contribution in [0.3, 0.4) is 0 Å². The maximum atomic E-state index is 13.2. The molecule has 0 spiro atoms. The van der Waals surface area contributed by atoms with Gasteiger partial charge in [-0.15, -0.1) is 0 Å². The largest absolute Gasteiger partial charge is 0.492 e. The maximum absolute atomic E-state index is 13.2. The number of sulfonamides is 1. The second kappa shape index (κ2) is 12.0. The minimum absolute atomic E-state index is 0.0878. The quantitative estimate of drug-likeness (QED) is 0.160. The van der Waals surface area contributed by atoms with Gasteiger partial charge in [-0.2, -0.15) is 0 Å². The molecule has 3 N–H and O–H groups in total. The summed E-state index contributed by atoms with van der Waals surface area (Å²) in [6, 6.07) is 30.8. The van der Waals surface area contributed by atoms with Crippen LogP contribution in [0.4, 0.5) is 10.5 Å². The van der Waals surface area contributed by atoms with Crippen LogP contribution in [0.5, 0.6) is 11.6 Å². The average Bonchev–Trinajstić information content (AvgIpc) is 3.32. The highest BCUT2D eigenvalue weighted by Gasteiger charge is 2.21. The van der Waals surface area contributed by atoms with E-state index >= 15 is 0 Å². The first kappa shape index (κ1) is 28.8. The number of benzene rings is 4. The molecule has 0 aliphatic carbocycles. The van der Waals surface area contributed by atoms with Gasteiger partial charge in [0, 0.05) is 16.6 Å². The third-order valence-corrected chi connectivity index (χ3v) is 8.08. The summed E-state index contributed by atoms with van der Waals surface area (Å²) >= 11 is 0. The number of amides is 1. The summed E-state index contributed by atoms with van der Waals surface area (Å²) in [5.74, 6) is 0.957. The zero-order valence-corrected chi connectivity index (χ0v) is 24.5. The predicted octanol–water partition coefficient (Wildman–Crippen LogP) is 7.10. The fourth-order valence-electron chi connectivity index (χ4n) is 4.51. The molecule has 9 heteroatoms. The van der Waals surface area contributed by atoms with Crippen LogP contribution < -0.4 is 19.5 Å². The number of anilines is 1. The first-order valence-corrected chi connectivity index (χ1v) is 15.1. The normalized spacial score (nSPS) is 11.7. The highest BCUT2D eigenvalue weighted by Crippen LogP contribution is 2.39. The van der Waals surface area contributed by atoms with Gasteiger partial charge in [-0.05, 0) is 59.0 Å². The topological polar surface area (TPSA) is 110 Å². The van der Waals surface area contributed by atoms with E-state index in [1.165, 1.54) is 0 Å². The number of carbonyl (C=O) groups excluding carboxylic acids is 1. The Hall–Kier alpha value is -4.76. The number of para-hydroxylation sites is 1. The van der Waals surface area contributed by atoms with E-state index in [1.54, 1.807) is 30.3 Å². The molecular formula is C33H33N3O5S. The van der Waals surface area contributed by atoms with Crippen LogP contribution in [0.2, 0.25) is 0 Å². The molecule has 0 radical (unpaired) electrons. The van der Waals surface area contributed by atoms with Crippen LogP contribution in [0, 0.1) is 0 Å². The summed E-state index contributed by atoms with van der Waals surface area (Å²) < 4.78 is 40.4. The Kier molecular flexibility index (Phi) is 8.22. The monoisotopic (exact) mass is 583 g/mol. The molecule has 0 fully saturated rings. The van der Waals surface area contributed by atoms with Crippen LogP contribution in [0.25, 0.3) is 22.0 Å². The van der Waals surface area contributed by atoms with Gasteiger partial charge in [0.25, 0.3) is 10.0 Å². The number of aromatic amines is 1. The molecule has 4 aromatic carbocycles. The SMILES string of the molecule is CC(C)(C)c1ccc(S(=O)(=O)Nc2ccc3[nH]c(OC(=O)NCCOc4ccccc4)c(-c4ccccc4)c3c2)cc1. The van der Waals surface area contributed by atoms with Crippen molar-refractivity contribution >= 4 is 32.7 Å². The van der Waals surface area contributed by atoms with Crippen molar-refractivity contribution in [2.45, 2.75) is 31.1 Å². The maximum Gasteiger partial charge on any atom is 0.414 e. The van der Waals surface area contributed by atoms with E-state index in [0.29, 0.717) is 27.9 Å². The third kappa shape index (κ3) is 6.75. The Morgan fingerprint density at radius 1 is 0.857 bits per heavy atom. The van der Waals surface area contributed by atoms with Crippen molar-refractivity contribution in [3.63, 3.8) is 0 Å². The fourth-order valence-corrected chi connectivity index (χ4v) is 5.56. The Balaban J connectivity index is 1.37. The lowest BCUT2D eigenvalue weighted by molar-refractivity contribution is 0.196. The number of rotatable bonds is 9. The zero-order chi connectivity index (χ0) is 29.7. The van der Waals surface area contributed by atoms with Crippen molar-refractivity contribution in [2.75, 3.05) is 17.9 Å². The van der Waals surface area contributed by atoms with Crippen molar-refractivity contribution in [2.24, 2.45) is 0 Å². The molecule has 0 unspecified atom stereocenters. The predicted molar refractivity (Wildman–Crippen MR) is 166 cm³/mol. The summed E-state index contributed by atoms with van der Waals surface area (Å²) in [4.78, 5) is 16.0. The van der Waals surface area contributed by atoms with Crippen LogP contribution >= 0.6 is 0 Å². The van der Waals surface area contributed by atoms with Gasteiger partial charge in [0.05, 0.1) is 17.0 Å². The second-order valence-electron chi connectivity index (χ2n) is 10.8. The minimum atomic E-state index is -3.83. The molecule has 0 saturated carbocycles. The van der Waals surface area contributed by atoms with E-state index in [1.807, 2.05) is 72.8 Å². The molecule has 1 heterocycles. The number of hydrogen-bond acceptors (Lipinski definition) is 5. The third-order valence-electron chi connectivity index (χ3n) is 6.69. The molecule has 5 aromatic rings. The standard InChI is InChI=1S/C33H33N3O5S/c1-33(2,3)24-14-17-27(18-15-24)42(38,39)36-25-16-19-29-28(22-25)30(23-10-6-4-7-11-23)31(35-29)41-32(37)34-20-21-40-26-12-8-5-9-13-26/h4-19,22,35-36H,20-21H2,1-3H3,(H,34,37). The molecule has 0 atom stereocenters. The summed E-state index contributed by atoms with van der Waals surface area (Å²) in [5, 5.41) is 3.39. The minimum Gasteiger partial charge on any atom is -0.492 e. The summed E-state index contributed by atoms with van der Waals surface area (Å²) in [5.41, 5.74) is 3.46. The number of nitrogens with one attached hydrogen (secondary N) is 3. The average molecular weight is 584 g/mol. The zero-order valence-electron chi connectivity index (χ0n) is 23.7. The van der Waals surface area contributed by atoms with Crippen molar-refractivity contribution in [3.05, 3.63) is 109 Å². The summed E-state index contributed by atoms with van der Waals surface area (Å²) in [6.45, 7) is 6.75. The van der Waals surface area contributed by atoms with Crippen LogP contribution in [0.1, 0.15) is 26.3 Å². The molecule has 216 valence electrons. The van der Waals surface area contributed by atoms with Gasteiger partial charge in [0.2, 0.25) is 5.88 Å². The van der Waals surface area contributed by atoms with E-state index in [9.17, 15) is 13.2 Å². The van der Waals surface area contributed by atoms with Gasteiger partial charge >= 0.3 is 6.09 Å². The molecular weight excluding hydrogens is 550 g/mol. The molecule has 0 saturated heterocycles. The van der Waals surface area contributed by atoms with E-state index in [4.69, 9.17) is 9.47 Å². The Bertz CT molecular complexity index is 1780. The second-order valence-corrected chi connectivity index (χ2v) is 12.5. The first-order valence-electron chi connectivity index (χ1n) is 13.6. The number of hydrogen-bond donors (Lipinski definition) is 3. The Morgan fingerprint density at radius 2 is 1.52 bits per heavy atom. The van der Waals surface area contributed by atoms with Crippen LogP contribution in [0.15, 0.2) is 108 Å². The Morgan fingerprint density at radius 3 is 2.19 bits per heavy atom. The van der Waals surface area contributed by atoms with Gasteiger partial charge in [0.1, 0.15) is 12.4 Å². The number of ether oxygens (including phenoxy) is 2. The lowest BCUT2D eigenvalue weighted by Gasteiger charge is -2.19. The van der Waals surface area contributed by atoms with Crippen LogP contribution in [-0.4, -0.2) is 32.6 Å². The van der Waals surface area contributed by atoms with Crippen LogP contribution in [-0.2, 0) is 15.4 Å². The molecule has 1 aromatic heterocycles. The molecule has 0 aliphatic rings. The number of fused-ring (bicyclic) bond motifs is 1. The Labute approximate surface area is 245 Å². The smallest absolute Gasteiger partial charge is 0.414 e. The van der Waals surface area contributed by atoms with E-state index in [2.05, 4.69) is 35.8 Å². The highest BCUT2D eigenvalue weighted by molar-refractivity contribution is 7.92. The molecule has 42 heavy (non-hydrogen) atoms. The van der Waals surface area contributed by atoms with Crippen molar-refractivity contribution in [1.82, 2.24) is 10.3 Å². The molecule has 0 aliphatic heterocycles. The number of H-pyrrole nitrogens is 1. The van der Waals surface area contributed by atoms with Crippen molar-refractivity contribution in [3.8, 4) is 22.8 Å². The summed E-state index contributed by atoms with van der Waals surface area (Å²) in [7, 11) is -3.83. The van der Waals surface area contributed by atoms with Crippen molar-refractivity contribution < 1.29 is 22.7 Å². The molecule has 5 rings (SSSR count). The van der Waals surface area contributed by atoms with Gasteiger partial charge in [-0.3, -0.25) is 4.72 Å². The lowest BCUT2D eigenvalue weighted by Crippen LogP contribution is -2.30. The van der Waals surface area contributed by atoms with Crippen molar-refractivity contribution in [1.29, 1.82) is 0 Å². The van der Waals surface area contributed by atoms with E-state index < -0.39 is 16.1 Å². The highest BCUT2D eigenvalue weighted by atomic mass is 32.2. The summed E-state index contributed by atoms with van der Waals surface area (Å²) in [6.07, 6.45) is -0.643. The molecule has 0 bridgehead atoms. The number of carbonyl (C=O) groups is 1. The van der Waals surface area contributed by atoms with Gasteiger partial charge < -0.3 is 19.8 Å². The van der Waals surface area contributed by atoms with Gasteiger partial charge in [0.15, 0.2) is 0 Å². The van der Waals surface area contributed by atoms with Gasteiger partial charge in [-0.25, -0.2) is 13.2 Å².